The fourth-order valence-corrected chi connectivity index (χ4v) is 1.95. The second-order valence-corrected chi connectivity index (χ2v) is 5.04. The van der Waals surface area contributed by atoms with Crippen LogP contribution in [0.15, 0.2) is 9.30 Å². The Morgan fingerprint density at radius 1 is 1.83 bits per heavy atom. The minimum atomic E-state index is -0.400. The summed E-state index contributed by atoms with van der Waals surface area (Å²) in [6.45, 7) is 2.33. The second kappa shape index (κ2) is 3.83. The van der Waals surface area contributed by atoms with Gasteiger partial charge in [0.25, 0.3) is 0 Å². The van der Waals surface area contributed by atoms with E-state index in [1.807, 2.05) is 12.3 Å². The molecular weight excluding hydrogens is 240 g/mol. The first-order valence-corrected chi connectivity index (χ1v) is 5.22. The zero-order chi connectivity index (χ0) is 9.19. The van der Waals surface area contributed by atoms with Gasteiger partial charge in [0, 0.05) is 17.3 Å². The Kier molecular flexibility index (Phi) is 3.22. The molecule has 0 amide bonds. The first-order chi connectivity index (χ1) is 5.62. The quantitative estimate of drug-likeness (QED) is 0.846. The number of hydrogen-bond acceptors (Lipinski definition) is 4. The molecule has 0 aromatic carbocycles. The van der Waals surface area contributed by atoms with Gasteiger partial charge in [0.2, 0.25) is 0 Å². The van der Waals surface area contributed by atoms with Crippen molar-refractivity contribution in [3.63, 3.8) is 0 Å². The summed E-state index contributed by atoms with van der Waals surface area (Å²) in [6, 6.07) is 0. The van der Waals surface area contributed by atoms with Crippen molar-refractivity contribution in [1.29, 1.82) is 0 Å². The minimum absolute atomic E-state index is 0.0275. The lowest BCUT2D eigenvalue weighted by Crippen LogP contribution is -2.35. The fourth-order valence-electron chi connectivity index (χ4n) is 0.779. The van der Waals surface area contributed by atoms with E-state index in [0.717, 1.165) is 9.61 Å². The van der Waals surface area contributed by atoms with Crippen LogP contribution in [0.3, 0.4) is 0 Å². The Bertz CT molecular complexity index is 260. The number of nitrogens with two attached hydrogens (primary N) is 1. The molecule has 1 unspecified atom stereocenters. The average Bonchev–Trinajstić information content (AvgIpc) is 2.51. The Morgan fingerprint density at radius 2 is 2.50 bits per heavy atom. The van der Waals surface area contributed by atoms with E-state index < -0.39 is 5.41 Å². The number of aliphatic hydroxyl groups excluding tert-OH is 1. The number of nitrogens with zero attached hydrogens (tertiary/aromatic N) is 1. The van der Waals surface area contributed by atoms with Gasteiger partial charge < -0.3 is 10.8 Å². The molecule has 1 rings (SSSR count). The molecule has 0 bridgehead atoms. The molecule has 3 nitrogen and oxygen atoms in total. The zero-order valence-corrected chi connectivity index (χ0v) is 9.15. The maximum atomic E-state index is 9.12. The van der Waals surface area contributed by atoms with E-state index >= 15 is 0 Å². The van der Waals surface area contributed by atoms with Crippen molar-refractivity contribution in [3.05, 3.63) is 15.0 Å². The molecule has 0 saturated carbocycles. The van der Waals surface area contributed by atoms with Gasteiger partial charge in [-0.25, -0.2) is 4.98 Å². The SMILES string of the molecule is CC(CN)(CO)c1csc(Br)n1. The van der Waals surface area contributed by atoms with Crippen LogP contribution in [-0.2, 0) is 5.41 Å². The highest BCUT2D eigenvalue weighted by molar-refractivity contribution is 9.11. The minimum Gasteiger partial charge on any atom is -0.395 e. The van der Waals surface area contributed by atoms with Gasteiger partial charge in [-0.15, -0.1) is 11.3 Å². The lowest BCUT2D eigenvalue weighted by atomic mass is 9.89. The van der Waals surface area contributed by atoms with Gasteiger partial charge in [-0.3, -0.25) is 0 Å². The number of rotatable bonds is 3. The van der Waals surface area contributed by atoms with E-state index in [0.29, 0.717) is 6.54 Å². The molecule has 0 fully saturated rings. The monoisotopic (exact) mass is 250 g/mol. The van der Waals surface area contributed by atoms with Crippen LogP contribution in [0, 0.1) is 0 Å². The van der Waals surface area contributed by atoms with Gasteiger partial charge in [-0.2, -0.15) is 0 Å². The molecule has 0 radical (unpaired) electrons. The van der Waals surface area contributed by atoms with Gasteiger partial charge >= 0.3 is 0 Å². The van der Waals surface area contributed by atoms with Gasteiger partial charge in [-0.05, 0) is 15.9 Å². The van der Waals surface area contributed by atoms with E-state index in [1.165, 1.54) is 11.3 Å². The molecule has 0 spiro atoms. The normalized spacial score (nSPS) is 16.0. The molecule has 0 saturated heterocycles. The first kappa shape index (κ1) is 10.1. The summed E-state index contributed by atoms with van der Waals surface area (Å²) in [5.41, 5.74) is 6.00. The Labute approximate surface area is 83.8 Å². The topological polar surface area (TPSA) is 59.1 Å². The second-order valence-electron chi connectivity index (χ2n) is 2.91. The van der Waals surface area contributed by atoms with Gasteiger partial charge in [-0.1, -0.05) is 6.92 Å². The molecule has 68 valence electrons. The predicted molar refractivity (Wildman–Crippen MR) is 53.3 cm³/mol. The number of halogens is 1. The molecule has 0 aliphatic carbocycles. The molecule has 1 aromatic rings. The Hall–Kier alpha value is 0.0300. The predicted octanol–water partition coefficient (Wildman–Crippen LogP) is 1.11. The van der Waals surface area contributed by atoms with Crippen LogP contribution >= 0.6 is 27.3 Å². The van der Waals surface area contributed by atoms with E-state index in [1.54, 1.807) is 0 Å². The molecule has 0 aliphatic rings. The van der Waals surface area contributed by atoms with Crippen LogP contribution in [0.4, 0.5) is 0 Å². The number of hydrogen-bond donors (Lipinski definition) is 2. The van der Waals surface area contributed by atoms with Crippen LogP contribution in [0.25, 0.3) is 0 Å². The molecule has 1 heterocycles. The van der Waals surface area contributed by atoms with Crippen molar-refractivity contribution in [2.75, 3.05) is 13.2 Å². The third-order valence-electron chi connectivity index (χ3n) is 1.89. The highest BCUT2D eigenvalue weighted by atomic mass is 79.9. The van der Waals surface area contributed by atoms with Crippen LogP contribution in [-0.4, -0.2) is 23.2 Å². The molecule has 5 heteroatoms. The molecular formula is C7H11BrN2OS. The van der Waals surface area contributed by atoms with Crippen LogP contribution in [0.1, 0.15) is 12.6 Å². The van der Waals surface area contributed by atoms with Crippen molar-refractivity contribution in [1.82, 2.24) is 4.98 Å². The molecule has 3 N–H and O–H groups in total. The number of aromatic nitrogens is 1. The van der Waals surface area contributed by atoms with E-state index in [2.05, 4.69) is 20.9 Å². The first-order valence-electron chi connectivity index (χ1n) is 3.55. The zero-order valence-electron chi connectivity index (χ0n) is 6.75. The van der Waals surface area contributed by atoms with Crippen LogP contribution in [0.5, 0.6) is 0 Å². The lowest BCUT2D eigenvalue weighted by Gasteiger charge is -2.22. The number of aliphatic hydroxyl groups is 1. The van der Waals surface area contributed by atoms with Crippen molar-refractivity contribution in [2.24, 2.45) is 5.73 Å². The van der Waals surface area contributed by atoms with E-state index in [-0.39, 0.29) is 6.61 Å². The summed E-state index contributed by atoms with van der Waals surface area (Å²) < 4.78 is 0.825. The lowest BCUT2D eigenvalue weighted by molar-refractivity contribution is 0.207. The standard InChI is InChI=1S/C7H11BrN2OS/c1-7(3-9,4-11)5-2-12-6(8)10-5/h2,11H,3-4,9H2,1H3. The smallest absolute Gasteiger partial charge is 0.159 e. The highest BCUT2D eigenvalue weighted by Gasteiger charge is 2.26. The van der Waals surface area contributed by atoms with Crippen LogP contribution in [0.2, 0.25) is 0 Å². The van der Waals surface area contributed by atoms with Crippen molar-refractivity contribution < 1.29 is 5.11 Å². The maximum Gasteiger partial charge on any atom is 0.159 e. The van der Waals surface area contributed by atoms with Crippen LogP contribution < -0.4 is 5.73 Å². The summed E-state index contributed by atoms with van der Waals surface area (Å²) >= 11 is 4.77. The summed E-state index contributed by atoms with van der Waals surface area (Å²) in [4.78, 5) is 4.22. The summed E-state index contributed by atoms with van der Waals surface area (Å²) in [7, 11) is 0. The highest BCUT2D eigenvalue weighted by Crippen LogP contribution is 2.26. The molecule has 1 aromatic heterocycles. The van der Waals surface area contributed by atoms with Crippen molar-refractivity contribution in [3.8, 4) is 0 Å². The largest absolute Gasteiger partial charge is 0.395 e. The van der Waals surface area contributed by atoms with Gasteiger partial charge in [0.15, 0.2) is 3.92 Å². The van der Waals surface area contributed by atoms with E-state index in [9.17, 15) is 0 Å². The molecule has 0 aliphatic heterocycles. The maximum absolute atomic E-state index is 9.12. The molecule has 12 heavy (non-hydrogen) atoms. The van der Waals surface area contributed by atoms with E-state index in [4.69, 9.17) is 10.8 Å². The fraction of sp³-hybridized carbons (Fsp3) is 0.571. The third kappa shape index (κ3) is 1.85. The average molecular weight is 251 g/mol. The Morgan fingerprint density at radius 3 is 2.83 bits per heavy atom. The van der Waals surface area contributed by atoms with Crippen molar-refractivity contribution >= 4 is 27.3 Å². The number of thiazole rings is 1. The van der Waals surface area contributed by atoms with Crippen molar-refractivity contribution in [2.45, 2.75) is 12.3 Å². The molecule has 1 atom stereocenters. The summed E-state index contributed by atoms with van der Waals surface area (Å²) in [6.07, 6.45) is 0. The summed E-state index contributed by atoms with van der Waals surface area (Å²) in [5, 5.41) is 11.0. The van der Waals surface area contributed by atoms with Gasteiger partial charge in [0.05, 0.1) is 12.3 Å². The Balaban J connectivity index is 2.94. The third-order valence-corrected chi connectivity index (χ3v) is 3.26. The summed E-state index contributed by atoms with van der Waals surface area (Å²) in [5.74, 6) is 0. The van der Waals surface area contributed by atoms with Gasteiger partial charge in [0.1, 0.15) is 0 Å².